The van der Waals surface area contributed by atoms with E-state index >= 15 is 0 Å². The molecule has 0 aliphatic carbocycles. The summed E-state index contributed by atoms with van der Waals surface area (Å²) in [7, 11) is 1.24. The molecule has 1 heterocycles. The summed E-state index contributed by atoms with van der Waals surface area (Å²) in [6, 6.07) is 9.95. The summed E-state index contributed by atoms with van der Waals surface area (Å²) in [4.78, 5) is 51.2. The maximum Gasteiger partial charge on any atom is 0.338 e. The molecule has 0 N–H and O–H groups in total. The number of non-ortho nitro benzene ring substituents is 1. The van der Waals surface area contributed by atoms with Crippen LogP contribution in [-0.2, 0) is 20.8 Å². The lowest BCUT2D eigenvalue weighted by Gasteiger charge is -2.05. The van der Waals surface area contributed by atoms with Gasteiger partial charge in [-0.25, -0.2) is 4.79 Å². The Bertz CT molecular complexity index is 1260. The first-order valence-electron chi connectivity index (χ1n) is 9.05. The van der Waals surface area contributed by atoms with Crippen LogP contribution in [0.1, 0.15) is 27.6 Å². The molecule has 1 amide bonds. The third-order valence-corrected chi connectivity index (χ3v) is 5.25. The second-order valence-corrected chi connectivity index (χ2v) is 7.18. The third kappa shape index (κ3) is 4.83. The summed E-state index contributed by atoms with van der Waals surface area (Å²) >= 11 is 1.09. The minimum Gasteiger partial charge on any atom is -0.468 e. The molecule has 1 aromatic heterocycles. The lowest BCUT2D eigenvalue weighted by Crippen LogP contribution is -2.22. The van der Waals surface area contributed by atoms with E-state index in [9.17, 15) is 24.5 Å². The smallest absolute Gasteiger partial charge is 0.338 e. The van der Waals surface area contributed by atoms with Gasteiger partial charge < -0.3 is 14.0 Å². The number of hydrogen-bond donors (Lipinski definition) is 0. The highest BCUT2D eigenvalue weighted by Crippen LogP contribution is 2.21. The fourth-order valence-corrected chi connectivity index (χ4v) is 3.82. The van der Waals surface area contributed by atoms with Crippen molar-refractivity contribution in [1.82, 2.24) is 4.57 Å². The van der Waals surface area contributed by atoms with Crippen molar-refractivity contribution >= 4 is 45.1 Å². The van der Waals surface area contributed by atoms with E-state index in [2.05, 4.69) is 4.99 Å². The van der Waals surface area contributed by atoms with Crippen LogP contribution >= 0.6 is 11.3 Å². The Balaban J connectivity index is 2.12. The summed E-state index contributed by atoms with van der Waals surface area (Å²) in [5.41, 5.74) is 0.675. The van der Waals surface area contributed by atoms with Crippen molar-refractivity contribution in [2.45, 2.75) is 13.5 Å². The molecule has 31 heavy (non-hydrogen) atoms. The van der Waals surface area contributed by atoms with E-state index in [4.69, 9.17) is 9.47 Å². The van der Waals surface area contributed by atoms with Gasteiger partial charge in [-0.2, -0.15) is 4.99 Å². The number of esters is 2. The van der Waals surface area contributed by atoms with Crippen molar-refractivity contribution in [2.24, 2.45) is 4.99 Å². The number of benzene rings is 2. The number of ether oxygens (including phenoxy) is 2. The number of hydrogen-bond acceptors (Lipinski definition) is 8. The van der Waals surface area contributed by atoms with Gasteiger partial charge in [0.05, 0.1) is 34.4 Å². The van der Waals surface area contributed by atoms with Gasteiger partial charge in [0.25, 0.3) is 11.6 Å². The van der Waals surface area contributed by atoms with Gasteiger partial charge in [-0.15, -0.1) is 0 Å². The Kier molecular flexibility index (Phi) is 6.55. The van der Waals surface area contributed by atoms with Crippen molar-refractivity contribution in [3.05, 3.63) is 68.5 Å². The average molecular weight is 443 g/mol. The monoisotopic (exact) mass is 443 g/mol. The van der Waals surface area contributed by atoms with Gasteiger partial charge in [-0.05, 0) is 31.2 Å². The highest BCUT2D eigenvalue weighted by atomic mass is 32.1. The predicted octanol–water partition coefficient (Wildman–Crippen LogP) is 2.70. The molecule has 2 aromatic carbocycles. The summed E-state index contributed by atoms with van der Waals surface area (Å²) in [6.45, 7) is 1.71. The molecule has 10 nitrogen and oxygen atoms in total. The van der Waals surface area contributed by atoms with Crippen LogP contribution in [-0.4, -0.2) is 41.1 Å². The second-order valence-electron chi connectivity index (χ2n) is 6.17. The van der Waals surface area contributed by atoms with Crippen LogP contribution < -0.4 is 4.80 Å². The maximum absolute atomic E-state index is 12.6. The van der Waals surface area contributed by atoms with Crippen LogP contribution in [0.15, 0.2) is 47.5 Å². The van der Waals surface area contributed by atoms with E-state index in [-0.39, 0.29) is 29.2 Å². The van der Waals surface area contributed by atoms with Crippen molar-refractivity contribution < 1.29 is 28.8 Å². The number of methoxy groups -OCH3 is 1. The second kappa shape index (κ2) is 9.30. The normalized spacial score (nSPS) is 11.4. The summed E-state index contributed by atoms with van der Waals surface area (Å²) < 4.78 is 11.8. The number of nitrogens with zero attached hydrogens (tertiary/aromatic N) is 3. The van der Waals surface area contributed by atoms with Crippen LogP contribution in [0.5, 0.6) is 0 Å². The molecule has 0 saturated heterocycles. The first-order valence-corrected chi connectivity index (χ1v) is 9.86. The number of amides is 1. The van der Waals surface area contributed by atoms with Crippen LogP contribution in [0.3, 0.4) is 0 Å². The van der Waals surface area contributed by atoms with E-state index in [1.807, 2.05) is 0 Å². The zero-order valence-corrected chi connectivity index (χ0v) is 17.4. The van der Waals surface area contributed by atoms with Crippen LogP contribution in [0.4, 0.5) is 5.69 Å². The topological polar surface area (TPSA) is 130 Å². The van der Waals surface area contributed by atoms with Gasteiger partial charge in [0, 0.05) is 17.7 Å². The van der Waals surface area contributed by atoms with E-state index in [1.165, 1.54) is 29.9 Å². The first kappa shape index (κ1) is 21.8. The maximum atomic E-state index is 12.6. The van der Waals surface area contributed by atoms with Gasteiger partial charge >= 0.3 is 11.9 Å². The van der Waals surface area contributed by atoms with Crippen LogP contribution in [0.2, 0.25) is 0 Å². The number of nitro benzene ring substituents is 1. The van der Waals surface area contributed by atoms with Crippen molar-refractivity contribution in [1.29, 1.82) is 0 Å². The molecule has 0 spiro atoms. The number of nitro groups is 1. The number of carbonyl (C=O) groups is 3. The molecular weight excluding hydrogens is 426 g/mol. The molecule has 0 aliphatic rings. The summed E-state index contributed by atoms with van der Waals surface area (Å²) in [5.74, 6) is -1.76. The lowest BCUT2D eigenvalue weighted by molar-refractivity contribution is -0.384. The first-order chi connectivity index (χ1) is 14.8. The highest BCUT2D eigenvalue weighted by Gasteiger charge is 2.16. The lowest BCUT2D eigenvalue weighted by atomic mass is 10.2. The van der Waals surface area contributed by atoms with Gasteiger partial charge in [0.2, 0.25) is 0 Å². The Morgan fingerprint density at radius 1 is 1.16 bits per heavy atom. The van der Waals surface area contributed by atoms with Crippen LogP contribution in [0, 0.1) is 10.1 Å². The van der Waals surface area contributed by atoms with Gasteiger partial charge in [-0.3, -0.25) is 19.7 Å². The average Bonchev–Trinajstić information content (AvgIpc) is 3.09. The molecule has 0 atom stereocenters. The Labute approximate surface area is 179 Å². The fourth-order valence-electron chi connectivity index (χ4n) is 2.75. The number of fused-ring (bicyclic) bond motifs is 1. The largest absolute Gasteiger partial charge is 0.468 e. The summed E-state index contributed by atoms with van der Waals surface area (Å²) in [6.07, 6.45) is 0. The minimum atomic E-state index is -0.709. The van der Waals surface area contributed by atoms with Crippen LogP contribution in [0.25, 0.3) is 10.2 Å². The van der Waals surface area contributed by atoms with E-state index in [0.717, 1.165) is 17.4 Å². The van der Waals surface area contributed by atoms with Gasteiger partial charge in [-0.1, -0.05) is 17.4 Å². The molecule has 11 heteroatoms. The minimum absolute atomic E-state index is 0.0310. The number of rotatable bonds is 6. The zero-order valence-electron chi connectivity index (χ0n) is 16.6. The molecule has 3 rings (SSSR count). The van der Waals surface area contributed by atoms with Crippen molar-refractivity contribution in [3.8, 4) is 0 Å². The Morgan fingerprint density at radius 2 is 1.94 bits per heavy atom. The van der Waals surface area contributed by atoms with Crippen molar-refractivity contribution in [3.63, 3.8) is 0 Å². The quantitative estimate of drug-likeness (QED) is 0.325. The fraction of sp³-hybridized carbons (Fsp3) is 0.200. The molecular formula is C20H17N3O7S. The standard InChI is InChI=1S/C20H17N3O7S/c1-3-30-19(26)13-7-8-15-16(10-13)31-20(22(15)11-17(24)29-2)21-18(25)12-5-4-6-14(9-12)23(27)28/h4-10H,3,11H2,1-2H3. The summed E-state index contributed by atoms with van der Waals surface area (Å²) in [5, 5.41) is 11.0. The molecule has 0 radical (unpaired) electrons. The SMILES string of the molecule is CCOC(=O)c1ccc2c(c1)sc(=NC(=O)c1cccc([N+](=O)[O-])c1)n2CC(=O)OC. The zero-order chi connectivity index (χ0) is 22.5. The number of thiazole rings is 1. The Hall–Kier alpha value is -3.86. The Morgan fingerprint density at radius 3 is 2.61 bits per heavy atom. The molecule has 0 aliphatic heterocycles. The number of aromatic nitrogens is 1. The molecule has 0 fully saturated rings. The number of carbonyl (C=O) groups excluding carboxylic acids is 3. The van der Waals surface area contributed by atoms with Crippen molar-refractivity contribution in [2.75, 3.05) is 13.7 Å². The molecule has 0 saturated carbocycles. The molecule has 0 bridgehead atoms. The molecule has 0 unspecified atom stereocenters. The van der Waals surface area contributed by atoms with E-state index in [1.54, 1.807) is 25.1 Å². The highest BCUT2D eigenvalue weighted by molar-refractivity contribution is 7.16. The van der Waals surface area contributed by atoms with Gasteiger partial charge in [0.1, 0.15) is 6.54 Å². The molecule has 3 aromatic rings. The molecule has 160 valence electrons. The van der Waals surface area contributed by atoms with E-state index < -0.39 is 22.8 Å². The van der Waals surface area contributed by atoms with E-state index in [0.29, 0.717) is 15.8 Å². The third-order valence-electron chi connectivity index (χ3n) is 4.21. The predicted molar refractivity (Wildman–Crippen MR) is 111 cm³/mol. The van der Waals surface area contributed by atoms with Gasteiger partial charge in [0.15, 0.2) is 4.80 Å².